The number of nitrogens with zero attached hydrogens (tertiary/aromatic N) is 3. The van der Waals surface area contributed by atoms with Crippen LogP contribution in [0.3, 0.4) is 0 Å². The van der Waals surface area contributed by atoms with E-state index in [1.165, 1.54) is 34.7 Å². The summed E-state index contributed by atoms with van der Waals surface area (Å²) >= 11 is 4.69. The molecule has 34 heavy (non-hydrogen) atoms. The number of hydrogen-bond acceptors (Lipinski definition) is 5. The van der Waals surface area contributed by atoms with Crippen molar-refractivity contribution in [3.05, 3.63) is 96.0 Å². The van der Waals surface area contributed by atoms with Gasteiger partial charge in [0.1, 0.15) is 20.0 Å². The number of halogens is 2. The largest absolute Gasteiger partial charge is 1.00 e. The average molecular weight is 530 g/mol. The molecule has 1 aliphatic carbocycles. The lowest BCUT2D eigenvalue weighted by Gasteiger charge is -2.12. The topological polar surface area (TPSA) is 29.1 Å². The maximum atomic E-state index is 13.8. The molecule has 1 saturated carbocycles. The number of thiazole rings is 2. The molecule has 2 aliphatic rings. The van der Waals surface area contributed by atoms with Crippen molar-refractivity contribution >= 4 is 51.2 Å². The lowest BCUT2D eigenvalue weighted by Crippen LogP contribution is -3.00. The molecule has 6 rings (SSSR count). The molecule has 1 fully saturated rings. The summed E-state index contributed by atoms with van der Waals surface area (Å²) in [6.45, 7) is 0.791. The van der Waals surface area contributed by atoms with Crippen molar-refractivity contribution in [2.24, 2.45) is 0 Å². The first kappa shape index (κ1) is 23.4. The molecule has 4 aromatic rings. The summed E-state index contributed by atoms with van der Waals surface area (Å²) in [5.74, 6) is -0.257. The molecule has 0 bridgehead atoms. The Bertz CT molecular complexity index is 1540. The third kappa shape index (κ3) is 4.24. The highest BCUT2D eigenvalue weighted by Crippen LogP contribution is 2.45. The van der Waals surface area contributed by atoms with E-state index < -0.39 is 0 Å². The van der Waals surface area contributed by atoms with Crippen molar-refractivity contribution in [1.29, 1.82) is 0 Å². The second-order valence-corrected chi connectivity index (χ2v) is 11.2. The first-order chi connectivity index (χ1) is 16.1. The van der Waals surface area contributed by atoms with Gasteiger partial charge in [-0.2, -0.15) is 4.57 Å². The molecule has 2 aromatic carbocycles. The van der Waals surface area contributed by atoms with Crippen molar-refractivity contribution in [1.82, 2.24) is 4.57 Å². The van der Waals surface area contributed by atoms with Crippen molar-refractivity contribution < 1.29 is 21.4 Å². The summed E-state index contributed by atoms with van der Waals surface area (Å²) in [4.78, 5) is 16.4. The van der Waals surface area contributed by atoms with Crippen molar-refractivity contribution in [3.63, 3.8) is 0 Å². The summed E-state index contributed by atoms with van der Waals surface area (Å²) < 4.78 is 19.7. The minimum Gasteiger partial charge on any atom is -1.00 e. The maximum absolute atomic E-state index is 13.8. The van der Waals surface area contributed by atoms with Crippen molar-refractivity contribution in [3.8, 4) is 0 Å². The maximum Gasteiger partial charge on any atom is 0.272 e. The number of aromatic nitrogens is 2. The second kappa shape index (κ2) is 9.34. The van der Waals surface area contributed by atoms with Gasteiger partial charge < -0.3 is 17.3 Å². The normalized spacial score (nSPS) is 17.1. The fraction of sp³-hybridized carbons (Fsp3) is 0.200. The number of fused-ring (bicyclic) bond motifs is 1. The summed E-state index contributed by atoms with van der Waals surface area (Å²) in [5, 5.41) is 4.08. The Morgan fingerprint density at radius 1 is 1.18 bits per heavy atom. The van der Waals surface area contributed by atoms with Crippen LogP contribution >= 0.6 is 34.4 Å². The molecular weight excluding hydrogens is 509 g/mol. The van der Waals surface area contributed by atoms with Crippen LogP contribution < -0.4 is 36.6 Å². The van der Waals surface area contributed by atoms with Gasteiger partial charge in [-0.25, -0.2) is 4.39 Å². The third-order valence-corrected chi connectivity index (χ3v) is 9.21. The van der Waals surface area contributed by atoms with Crippen LogP contribution in [0.4, 0.5) is 10.1 Å². The van der Waals surface area contributed by atoms with E-state index in [1.807, 2.05) is 22.6 Å². The van der Waals surface area contributed by atoms with Crippen molar-refractivity contribution in [2.45, 2.75) is 30.3 Å². The van der Waals surface area contributed by atoms with E-state index in [4.69, 9.17) is 0 Å². The Hall–Kier alpha value is -2.39. The van der Waals surface area contributed by atoms with Crippen LogP contribution in [-0.2, 0) is 6.54 Å². The van der Waals surface area contributed by atoms with Gasteiger partial charge in [-0.1, -0.05) is 53.4 Å². The molecule has 4 nitrogen and oxygen atoms in total. The molecule has 0 radical (unpaired) electrons. The first-order valence-corrected chi connectivity index (χ1v) is 13.3. The molecule has 0 atom stereocenters. The van der Waals surface area contributed by atoms with Crippen LogP contribution in [0.5, 0.6) is 0 Å². The molecule has 0 spiro atoms. The van der Waals surface area contributed by atoms with Gasteiger partial charge in [0.2, 0.25) is 0 Å². The zero-order valence-electron chi connectivity index (χ0n) is 18.3. The Kier molecular flexibility index (Phi) is 6.41. The minimum absolute atomic E-state index is 0. The van der Waals surface area contributed by atoms with Crippen LogP contribution in [0.1, 0.15) is 29.5 Å². The number of thioether (sulfide) groups is 1. The van der Waals surface area contributed by atoms with Crippen LogP contribution in [0.2, 0.25) is 0 Å². The van der Waals surface area contributed by atoms with Gasteiger partial charge in [-0.05, 0) is 31.0 Å². The van der Waals surface area contributed by atoms with E-state index in [1.54, 1.807) is 23.5 Å². The number of hydrogen-bond donors (Lipinski definition) is 0. The van der Waals surface area contributed by atoms with Crippen LogP contribution in [-0.4, -0.2) is 11.6 Å². The van der Waals surface area contributed by atoms with Gasteiger partial charge in [0.05, 0.1) is 17.1 Å². The predicted octanol–water partition coefficient (Wildman–Crippen LogP) is 0.922. The Balaban J connectivity index is 0.00000241. The molecule has 0 amide bonds. The molecule has 2 aromatic heterocycles. The van der Waals surface area contributed by atoms with Gasteiger partial charge in [0, 0.05) is 23.5 Å². The lowest BCUT2D eigenvalue weighted by molar-refractivity contribution is -0.685. The summed E-state index contributed by atoms with van der Waals surface area (Å²) in [7, 11) is 1.95. The molecule has 0 saturated heterocycles. The van der Waals surface area contributed by atoms with Gasteiger partial charge in [0.15, 0.2) is 12.7 Å². The smallest absolute Gasteiger partial charge is 0.272 e. The molecule has 3 heterocycles. The van der Waals surface area contributed by atoms with E-state index in [2.05, 4.69) is 46.5 Å². The van der Waals surface area contributed by atoms with Crippen LogP contribution in [0.15, 0.2) is 69.8 Å². The van der Waals surface area contributed by atoms with E-state index in [-0.39, 0.29) is 29.8 Å². The highest BCUT2D eigenvalue weighted by atomic mass is 35.5. The van der Waals surface area contributed by atoms with Gasteiger partial charge in [-0.15, -0.1) is 11.3 Å². The van der Waals surface area contributed by atoms with E-state index in [0.29, 0.717) is 0 Å². The Labute approximate surface area is 214 Å². The molecule has 9 heteroatoms. The third-order valence-electron chi connectivity index (χ3n) is 5.91. The summed E-state index contributed by atoms with van der Waals surface area (Å²) in [6.07, 6.45) is 6.32. The highest BCUT2D eigenvalue weighted by molar-refractivity contribution is 8.08. The molecule has 0 N–H and O–H groups in total. The van der Waals surface area contributed by atoms with Crippen LogP contribution in [0, 0.1) is 5.82 Å². The minimum atomic E-state index is -0.257. The monoisotopic (exact) mass is 529 g/mol. The van der Waals surface area contributed by atoms with E-state index >= 15 is 0 Å². The summed E-state index contributed by atoms with van der Waals surface area (Å²) in [6, 6.07) is 15.5. The highest BCUT2D eigenvalue weighted by Gasteiger charge is 2.30. The number of benzene rings is 2. The Morgan fingerprint density at radius 2 is 1.97 bits per heavy atom. The van der Waals surface area contributed by atoms with E-state index in [0.717, 1.165) is 49.2 Å². The average Bonchev–Trinajstić information content (AvgIpc) is 3.36. The van der Waals surface area contributed by atoms with Gasteiger partial charge >= 0.3 is 0 Å². The van der Waals surface area contributed by atoms with E-state index in [9.17, 15) is 9.18 Å². The Morgan fingerprint density at radius 3 is 2.74 bits per heavy atom. The molecular formula is C25H21ClFN3OS3. The fourth-order valence-electron chi connectivity index (χ4n) is 4.10. The standard InChI is InChI=1S/C25H21FN3OS3.ClH/c1-27-19-10-7-17(26)13-20(19)32-25(27)23-24(30)29(18-8-9-18)22(33-23)14-21-28(11-12-31-21)15-16-5-3-2-4-6-16;/h2-7,10-14,18H,8-9,15H2,1H3;1H/q+1;/p-1/b25-23+;. The van der Waals surface area contributed by atoms with Crippen LogP contribution in [0.25, 0.3) is 11.1 Å². The van der Waals surface area contributed by atoms with Gasteiger partial charge in [-0.3, -0.25) is 9.36 Å². The first-order valence-electron chi connectivity index (χ1n) is 10.8. The second-order valence-electron chi connectivity index (χ2n) is 8.25. The number of anilines is 1. The summed E-state index contributed by atoms with van der Waals surface area (Å²) in [5.41, 5.74) is 2.24. The number of rotatable bonds is 4. The van der Waals surface area contributed by atoms with Crippen molar-refractivity contribution in [2.75, 3.05) is 11.9 Å². The van der Waals surface area contributed by atoms with Gasteiger partial charge in [0.25, 0.3) is 10.6 Å². The fourth-order valence-corrected chi connectivity index (χ4v) is 7.43. The zero-order chi connectivity index (χ0) is 22.5. The quantitative estimate of drug-likeness (QED) is 0.368. The zero-order valence-corrected chi connectivity index (χ0v) is 21.5. The molecule has 1 aliphatic heterocycles. The molecule has 0 unspecified atom stereocenters. The predicted molar refractivity (Wildman–Crippen MR) is 134 cm³/mol. The SMILES string of the molecule is CN1/C(=c2\s/c(=C\c3scc[n+]3Cc3ccccc3)n(C3CC3)c2=O)Sc2cc(F)ccc21.[Cl-]. The molecule has 174 valence electrons. The lowest BCUT2D eigenvalue weighted by atomic mass is 10.2.